The van der Waals surface area contributed by atoms with Gasteiger partial charge in [-0.2, -0.15) is 11.8 Å². The number of thioether (sulfide) groups is 1. The topological polar surface area (TPSA) is 224 Å². The summed E-state index contributed by atoms with van der Waals surface area (Å²) in [5.74, 6) is -1.75. The van der Waals surface area contributed by atoms with Crippen molar-refractivity contribution in [2.45, 2.75) is 70.7 Å². The Hall–Kier alpha value is -4.67. The van der Waals surface area contributed by atoms with Crippen molar-refractivity contribution in [1.82, 2.24) is 26.2 Å². The van der Waals surface area contributed by atoms with Gasteiger partial charge in [-0.1, -0.05) is 12.1 Å². The van der Waals surface area contributed by atoms with Crippen LogP contribution in [0.3, 0.4) is 0 Å². The molecule has 0 unspecified atom stereocenters. The average Bonchev–Trinajstić information content (AvgIpc) is 3.10. The van der Waals surface area contributed by atoms with E-state index >= 15 is 0 Å². The van der Waals surface area contributed by atoms with Crippen LogP contribution >= 0.6 is 11.8 Å². The van der Waals surface area contributed by atoms with Crippen molar-refractivity contribution in [3.63, 3.8) is 0 Å². The number of nitrogens with one attached hydrogen (secondary N) is 4. The third kappa shape index (κ3) is 11.2. The lowest BCUT2D eigenvalue weighted by molar-refractivity contribution is -0.142. The van der Waals surface area contributed by atoms with Crippen LogP contribution in [0.2, 0.25) is 0 Å². The van der Waals surface area contributed by atoms with Gasteiger partial charge in [0, 0.05) is 44.6 Å². The molecule has 1 heterocycles. The van der Waals surface area contributed by atoms with Gasteiger partial charge >= 0.3 is 0 Å². The minimum Gasteiger partial charge on any atom is -0.492 e. The van der Waals surface area contributed by atoms with E-state index in [1.807, 2.05) is 6.26 Å². The van der Waals surface area contributed by atoms with Crippen molar-refractivity contribution in [3.05, 3.63) is 47.5 Å². The second-order valence-corrected chi connectivity index (χ2v) is 13.6. The zero-order valence-electron chi connectivity index (χ0n) is 30.6. The fraction of sp³-hybridized carbons (Fsp3) is 0.500. The van der Waals surface area contributed by atoms with Gasteiger partial charge in [0.25, 0.3) is 0 Å². The van der Waals surface area contributed by atoms with Crippen molar-refractivity contribution in [1.29, 1.82) is 0 Å². The molecule has 2 aromatic rings. The minimum atomic E-state index is -1.29. The molecule has 2 aromatic carbocycles. The molecule has 5 atom stereocenters. The number of fused-ring (bicyclic) bond motifs is 5. The van der Waals surface area contributed by atoms with Gasteiger partial charge in [-0.3, -0.25) is 28.8 Å². The molecule has 0 radical (unpaired) electrons. The Balaban J connectivity index is 2.30. The molecule has 16 heteroatoms. The molecule has 0 spiro atoms. The lowest BCUT2D eigenvalue weighted by Crippen LogP contribution is -2.56. The highest BCUT2D eigenvalue weighted by atomic mass is 32.2. The van der Waals surface area contributed by atoms with Crippen LogP contribution in [0.25, 0.3) is 11.1 Å². The Morgan fingerprint density at radius 3 is 2.13 bits per heavy atom. The van der Waals surface area contributed by atoms with Gasteiger partial charge in [-0.05, 0) is 74.6 Å². The molecule has 0 aromatic heterocycles. The molecule has 5 amide bonds. The highest BCUT2D eigenvalue weighted by Crippen LogP contribution is 2.40. The van der Waals surface area contributed by atoms with E-state index in [1.54, 1.807) is 43.3 Å². The van der Waals surface area contributed by atoms with Crippen LogP contribution in [0.5, 0.6) is 11.5 Å². The SMILES string of the molecule is CSCC[C@H](NC(C)=O)C(=O)N(C)[C@@H]1C(=O)N[C@@H](C)C(=O)N[C@H](C(=O)N[C@@H](C)C(C)=O)Cc2ccc(OCCN)c(c2)-c2cc1ccc2OCCN. The van der Waals surface area contributed by atoms with E-state index in [0.29, 0.717) is 45.9 Å². The fourth-order valence-corrected chi connectivity index (χ4v) is 6.08. The molecule has 52 heavy (non-hydrogen) atoms. The molecule has 15 nitrogen and oxygen atoms in total. The van der Waals surface area contributed by atoms with E-state index in [0.717, 1.165) is 0 Å². The molecule has 0 fully saturated rings. The highest BCUT2D eigenvalue weighted by molar-refractivity contribution is 7.98. The number of carbonyl (C=O) groups excluding carboxylic acids is 6. The van der Waals surface area contributed by atoms with Gasteiger partial charge in [0.05, 0.1) is 6.04 Å². The number of ether oxygens (including phenoxy) is 2. The molecule has 0 saturated carbocycles. The summed E-state index contributed by atoms with van der Waals surface area (Å²) in [5.41, 5.74) is 13.6. The summed E-state index contributed by atoms with van der Waals surface area (Å²) in [6.07, 6.45) is 2.21. The maximum atomic E-state index is 14.2. The Morgan fingerprint density at radius 1 is 0.942 bits per heavy atom. The Bertz CT molecular complexity index is 1620. The highest BCUT2D eigenvalue weighted by Gasteiger charge is 2.36. The third-order valence-corrected chi connectivity index (χ3v) is 9.11. The summed E-state index contributed by atoms with van der Waals surface area (Å²) in [4.78, 5) is 80.7. The maximum absolute atomic E-state index is 14.2. The molecule has 4 bridgehead atoms. The molecule has 284 valence electrons. The Labute approximate surface area is 308 Å². The van der Waals surface area contributed by atoms with E-state index in [-0.39, 0.29) is 38.5 Å². The smallest absolute Gasteiger partial charge is 0.248 e. The zero-order valence-corrected chi connectivity index (χ0v) is 31.4. The summed E-state index contributed by atoms with van der Waals surface area (Å²) in [6, 6.07) is 4.96. The number of ketones is 1. The summed E-state index contributed by atoms with van der Waals surface area (Å²) in [5, 5.41) is 10.8. The number of nitrogens with two attached hydrogens (primary N) is 2. The van der Waals surface area contributed by atoms with Gasteiger partial charge in [0.1, 0.15) is 48.9 Å². The second kappa shape index (κ2) is 19.8. The standard InChI is InChI=1S/C36H51N7O8S/c1-20(22(3)44)39-34(47)29-18-24-7-9-30(50-14-12-37)26(17-24)27-19-25(8-10-31(27)51-15-13-38)32(35(48)40-21(2)33(46)42-29)43(5)36(49)28(11-16-52-6)41-23(4)45/h7-10,17,19-21,28-29,32H,11-16,18,37-38H2,1-6H3,(H,39,47)(H,40,48)(H,41,45)(H,42,46)/t20-,21-,28-,29-,32-/m0/s1. The van der Waals surface area contributed by atoms with Gasteiger partial charge in [-0.25, -0.2) is 0 Å². The normalized spacial score (nSPS) is 18.4. The number of benzene rings is 2. The van der Waals surface area contributed by atoms with Crippen LogP contribution in [0.1, 0.15) is 51.3 Å². The van der Waals surface area contributed by atoms with Crippen molar-refractivity contribution in [2.24, 2.45) is 11.5 Å². The van der Waals surface area contributed by atoms with Gasteiger partial charge < -0.3 is 47.1 Å². The predicted molar refractivity (Wildman–Crippen MR) is 199 cm³/mol. The monoisotopic (exact) mass is 741 g/mol. The number of likely N-dealkylation sites (N-methyl/N-ethyl adjacent to an activating group) is 1. The lowest BCUT2D eigenvalue weighted by atomic mass is 9.93. The molecule has 1 aliphatic rings. The van der Waals surface area contributed by atoms with Crippen LogP contribution in [0.4, 0.5) is 0 Å². The molecule has 0 aliphatic carbocycles. The predicted octanol–water partition coefficient (Wildman–Crippen LogP) is 0.425. The number of carbonyl (C=O) groups is 6. The molecule has 8 N–H and O–H groups in total. The molecular formula is C36H51N7O8S. The number of hydrogen-bond donors (Lipinski definition) is 6. The van der Waals surface area contributed by atoms with Crippen molar-refractivity contribution in [3.8, 4) is 22.6 Å². The first-order valence-electron chi connectivity index (χ1n) is 17.1. The van der Waals surface area contributed by atoms with Crippen LogP contribution < -0.4 is 42.2 Å². The number of Topliss-reactive ketones (excluding diaryl/α,β-unsaturated/α-hetero) is 1. The van der Waals surface area contributed by atoms with Crippen molar-refractivity contribution in [2.75, 3.05) is 45.4 Å². The van der Waals surface area contributed by atoms with Crippen LogP contribution in [-0.4, -0.2) is 110 Å². The van der Waals surface area contributed by atoms with E-state index in [2.05, 4.69) is 21.3 Å². The summed E-state index contributed by atoms with van der Waals surface area (Å²) >= 11 is 1.51. The number of rotatable bonds is 15. The zero-order chi connectivity index (χ0) is 38.5. The van der Waals surface area contributed by atoms with Gasteiger partial charge in [0.2, 0.25) is 29.5 Å². The van der Waals surface area contributed by atoms with E-state index in [4.69, 9.17) is 20.9 Å². The Morgan fingerprint density at radius 2 is 1.56 bits per heavy atom. The van der Waals surface area contributed by atoms with E-state index in [1.165, 1.54) is 44.5 Å². The fourth-order valence-electron chi connectivity index (χ4n) is 5.61. The number of hydrogen-bond acceptors (Lipinski definition) is 11. The first-order chi connectivity index (χ1) is 24.7. The minimum absolute atomic E-state index is 0.0200. The first-order valence-corrected chi connectivity index (χ1v) is 18.5. The lowest BCUT2D eigenvalue weighted by Gasteiger charge is -2.32. The molecule has 1 aliphatic heterocycles. The number of amides is 5. The van der Waals surface area contributed by atoms with Gasteiger partial charge in [0.15, 0.2) is 5.78 Å². The summed E-state index contributed by atoms with van der Waals surface area (Å²) < 4.78 is 12.1. The Kier molecular flexibility index (Phi) is 15.9. The van der Waals surface area contributed by atoms with E-state index in [9.17, 15) is 28.8 Å². The first kappa shape index (κ1) is 41.7. The van der Waals surface area contributed by atoms with E-state index < -0.39 is 59.7 Å². The maximum Gasteiger partial charge on any atom is 0.248 e. The quantitative estimate of drug-likeness (QED) is 0.147. The van der Waals surface area contributed by atoms with Crippen LogP contribution in [-0.2, 0) is 35.2 Å². The molecular weight excluding hydrogens is 691 g/mol. The van der Waals surface area contributed by atoms with Crippen molar-refractivity contribution < 1.29 is 38.2 Å². The summed E-state index contributed by atoms with van der Waals surface area (Å²) in [6.45, 7) is 6.44. The average molecular weight is 742 g/mol. The summed E-state index contributed by atoms with van der Waals surface area (Å²) in [7, 11) is 1.46. The van der Waals surface area contributed by atoms with Crippen LogP contribution in [0, 0.1) is 0 Å². The molecule has 0 saturated heterocycles. The largest absolute Gasteiger partial charge is 0.492 e. The number of nitrogens with zero attached hydrogens (tertiary/aromatic N) is 1. The third-order valence-electron chi connectivity index (χ3n) is 8.47. The van der Waals surface area contributed by atoms with Crippen molar-refractivity contribution >= 4 is 47.1 Å². The van der Waals surface area contributed by atoms with Crippen LogP contribution in [0.15, 0.2) is 36.4 Å². The van der Waals surface area contributed by atoms with Gasteiger partial charge in [-0.15, -0.1) is 0 Å². The second-order valence-electron chi connectivity index (χ2n) is 12.6. The molecule has 3 rings (SSSR count).